The normalized spacial score (nSPS) is 30.2. The van der Waals surface area contributed by atoms with Crippen molar-refractivity contribution in [2.75, 3.05) is 88.6 Å². The predicted octanol–water partition coefficient (Wildman–Crippen LogP) is 4.70. The first kappa shape index (κ1) is 75.0. The van der Waals surface area contributed by atoms with E-state index in [-0.39, 0.29) is 31.2 Å². The highest BCUT2D eigenvalue weighted by molar-refractivity contribution is 6.00. The van der Waals surface area contributed by atoms with Crippen molar-refractivity contribution < 1.29 is 57.5 Å². The van der Waals surface area contributed by atoms with Gasteiger partial charge in [0, 0.05) is 69.0 Å². The van der Waals surface area contributed by atoms with Gasteiger partial charge >= 0.3 is 0 Å². The summed E-state index contributed by atoms with van der Waals surface area (Å²) >= 11 is 0. The van der Waals surface area contributed by atoms with E-state index < -0.39 is 151 Å². The Morgan fingerprint density at radius 3 is 1.76 bits per heavy atom. The zero-order chi connectivity index (χ0) is 68.7. The summed E-state index contributed by atoms with van der Waals surface area (Å²) in [6.07, 6.45) is 18.7. The minimum atomic E-state index is -1.44. The molecule has 12 amide bonds. The molecule has 0 aromatic rings. The molecular weight excluding hydrogens is 1200 g/mol. The molecule has 3 saturated heterocycles. The lowest BCUT2D eigenvalue weighted by atomic mass is 9.80. The van der Waals surface area contributed by atoms with Crippen LogP contribution in [-0.2, 0) is 57.5 Å². The van der Waals surface area contributed by atoms with Crippen molar-refractivity contribution >= 4 is 70.9 Å². The number of carbonyl (C=O) groups excluding carboxylic acids is 12. The maximum absolute atomic E-state index is 15.7. The third-order valence-electron chi connectivity index (χ3n) is 22.8. The number of likely N-dealkylation sites (N-methyl/N-ethyl adjacent to an activating group) is 7. The number of piperidine rings is 1. The maximum Gasteiger partial charge on any atom is 0.248 e. The highest BCUT2D eigenvalue weighted by Crippen LogP contribution is 2.38. The number of hydrogen-bond acceptors (Lipinski definition) is 12. The molecule has 94 heavy (non-hydrogen) atoms. The van der Waals surface area contributed by atoms with Crippen LogP contribution in [0.25, 0.3) is 0 Å². The largest absolute Gasteiger partial charge is 0.343 e. The molecule has 7 rings (SSSR count). The molecule has 0 unspecified atom stereocenters. The molecule has 0 radical (unpaired) electrons. The minimum Gasteiger partial charge on any atom is -0.343 e. The first-order valence-electron chi connectivity index (χ1n) is 36.0. The summed E-state index contributed by atoms with van der Waals surface area (Å²) in [6.45, 7) is 7.10. The van der Waals surface area contributed by atoms with E-state index in [4.69, 9.17) is 0 Å². The predicted molar refractivity (Wildman–Crippen MR) is 355 cm³/mol. The molecule has 0 aromatic heterocycles. The first-order valence-corrected chi connectivity index (χ1v) is 36.0. The molecule has 528 valence electrons. The highest BCUT2D eigenvalue weighted by Gasteiger charge is 2.51. The monoisotopic (exact) mass is 1320 g/mol. The third kappa shape index (κ3) is 18.8. The number of rotatable bonds is 9. The van der Waals surface area contributed by atoms with Crippen molar-refractivity contribution in [2.24, 2.45) is 29.6 Å². The van der Waals surface area contributed by atoms with Crippen LogP contribution in [0.3, 0.4) is 0 Å². The number of nitrogens with one attached hydrogen (secondary N) is 3. The van der Waals surface area contributed by atoms with E-state index in [9.17, 15) is 38.4 Å². The summed E-state index contributed by atoms with van der Waals surface area (Å²) in [6, 6.07) is -7.79. The van der Waals surface area contributed by atoms with Crippen LogP contribution < -0.4 is 16.0 Å². The quantitative estimate of drug-likeness (QED) is 0.284. The summed E-state index contributed by atoms with van der Waals surface area (Å²) in [5.41, 5.74) is -1.44. The Hall–Kier alpha value is -6.36. The van der Waals surface area contributed by atoms with Gasteiger partial charge in [-0.2, -0.15) is 0 Å². The Balaban J connectivity index is 1.24. The number of carbonyl (C=O) groups is 12. The fraction of sp³-hybridized carbons (Fsp3) is 0.829. The van der Waals surface area contributed by atoms with E-state index in [2.05, 4.69) is 22.9 Å². The molecule has 0 aromatic carbocycles. The standard InChI is InChI=1S/C70H116N12O12/c1-12-47(3)60-67(92)76(7)44-58(85)74(5)45-59(86)78(9)54(41-50-25-16-13-17-26-50)65(90)75(6)43-56(83)71-52(35-34-49-32-30-46(2)31-33-49)64(89)82-40-24-29-53(82)63(88)73-70(36-20-21-37-70)69(94)80(11)61(51-27-18-14-19-28-51)68(93)79(10)55(66(91)81-38-22-15-23-39-81)42-57(84)77(8)48(4)62(87)72-60/h46-55,60-61H,12-45H2,1-11H3,(H,71,83)(H,72,87)(H,73,88)/t46?,47-,48-,49?,52-,53-,54-,55-,60-,61-/m0/s1. The van der Waals surface area contributed by atoms with Gasteiger partial charge in [0.25, 0.3) is 0 Å². The third-order valence-corrected chi connectivity index (χ3v) is 22.8. The van der Waals surface area contributed by atoms with Crippen LogP contribution in [0.2, 0.25) is 0 Å². The number of likely N-dealkylation sites (tertiary alicyclic amines) is 1. The van der Waals surface area contributed by atoms with E-state index in [0.29, 0.717) is 89.1 Å². The van der Waals surface area contributed by atoms with Crippen LogP contribution in [0.15, 0.2) is 0 Å². The molecule has 3 N–H and O–H groups in total. The average molecular weight is 1320 g/mol. The molecule has 1 spiro atoms. The molecular formula is C70H116N12O12. The summed E-state index contributed by atoms with van der Waals surface area (Å²) < 4.78 is 0. The molecule has 8 atom stereocenters. The van der Waals surface area contributed by atoms with Crippen molar-refractivity contribution in [1.82, 2.24) is 60.0 Å². The second-order valence-corrected chi connectivity index (χ2v) is 29.6. The number of nitrogens with zero attached hydrogens (tertiary/aromatic N) is 9. The second kappa shape index (κ2) is 34.5. The Morgan fingerprint density at radius 2 is 1.13 bits per heavy atom. The van der Waals surface area contributed by atoms with Gasteiger partial charge in [-0.1, -0.05) is 117 Å². The lowest BCUT2D eigenvalue weighted by Gasteiger charge is -2.43. The molecule has 4 aliphatic carbocycles. The van der Waals surface area contributed by atoms with Crippen LogP contribution in [-0.4, -0.2) is 251 Å². The van der Waals surface area contributed by atoms with E-state index in [1.165, 1.54) is 88.4 Å². The van der Waals surface area contributed by atoms with E-state index in [1.807, 2.05) is 6.92 Å². The molecule has 4 saturated carbocycles. The zero-order valence-electron chi connectivity index (χ0n) is 58.9. The fourth-order valence-electron chi connectivity index (χ4n) is 16.0. The summed E-state index contributed by atoms with van der Waals surface area (Å²) in [5.74, 6) is -6.19. The molecule has 24 heteroatoms. The van der Waals surface area contributed by atoms with Crippen molar-refractivity contribution in [3.8, 4) is 0 Å². The smallest absolute Gasteiger partial charge is 0.248 e. The summed E-state index contributed by atoms with van der Waals surface area (Å²) in [5, 5.41) is 9.04. The van der Waals surface area contributed by atoms with E-state index >= 15 is 19.2 Å². The zero-order valence-corrected chi connectivity index (χ0v) is 58.9. The van der Waals surface area contributed by atoms with Gasteiger partial charge in [0.15, 0.2) is 0 Å². The number of hydrogen-bond donors (Lipinski definition) is 3. The first-order chi connectivity index (χ1) is 44.7. The van der Waals surface area contributed by atoms with Crippen molar-refractivity contribution in [3.05, 3.63) is 0 Å². The molecule has 24 nitrogen and oxygen atoms in total. The van der Waals surface area contributed by atoms with Gasteiger partial charge < -0.3 is 60.0 Å². The van der Waals surface area contributed by atoms with Gasteiger partial charge in [-0.15, -0.1) is 0 Å². The maximum atomic E-state index is 15.7. The van der Waals surface area contributed by atoms with E-state index in [0.717, 1.165) is 96.3 Å². The van der Waals surface area contributed by atoms with Gasteiger partial charge in [0.05, 0.1) is 26.1 Å². The van der Waals surface area contributed by atoms with Crippen LogP contribution in [0.5, 0.6) is 0 Å². The summed E-state index contributed by atoms with van der Waals surface area (Å²) in [7, 11) is 10.4. The fourth-order valence-corrected chi connectivity index (χ4v) is 16.0. The molecule has 7 aliphatic rings. The van der Waals surface area contributed by atoms with Gasteiger partial charge in [-0.05, 0) is 114 Å². The Morgan fingerprint density at radius 1 is 0.532 bits per heavy atom. The minimum absolute atomic E-state index is 0.114. The topological polar surface area (TPSA) is 270 Å². The van der Waals surface area contributed by atoms with Crippen molar-refractivity contribution in [1.29, 1.82) is 0 Å². The van der Waals surface area contributed by atoms with Gasteiger partial charge in [-0.25, -0.2) is 0 Å². The van der Waals surface area contributed by atoms with Crippen LogP contribution in [0.4, 0.5) is 0 Å². The second-order valence-electron chi connectivity index (χ2n) is 29.6. The summed E-state index contributed by atoms with van der Waals surface area (Å²) in [4.78, 5) is 190. The van der Waals surface area contributed by atoms with Gasteiger partial charge in [-0.3, -0.25) is 57.5 Å². The molecule has 7 fully saturated rings. The molecule has 3 heterocycles. The lowest BCUT2D eigenvalue weighted by molar-refractivity contribution is -0.157. The van der Waals surface area contributed by atoms with Crippen LogP contribution in [0.1, 0.15) is 207 Å². The number of fused-ring (bicyclic) bond motifs is 1. The molecule has 0 bridgehead atoms. The van der Waals surface area contributed by atoms with Crippen LogP contribution in [0, 0.1) is 29.6 Å². The average Bonchev–Trinajstić information content (AvgIpc) is 1.15. The van der Waals surface area contributed by atoms with Crippen molar-refractivity contribution in [3.63, 3.8) is 0 Å². The Kier molecular flexibility index (Phi) is 27.6. The molecule has 3 aliphatic heterocycles. The van der Waals surface area contributed by atoms with Gasteiger partial charge in [0.1, 0.15) is 47.8 Å². The Labute approximate surface area is 559 Å². The van der Waals surface area contributed by atoms with Crippen molar-refractivity contribution in [2.45, 2.75) is 255 Å². The van der Waals surface area contributed by atoms with Gasteiger partial charge in [0.2, 0.25) is 70.9 Å². The highest BCUT2D eigenvalue weighted by atomic mass is 16.2. The van der Waals surface area contributed by atoms with Crippen LogP contribution >= 0.6 is 0 Å². The Bertz CT molecular complexity index is 2680. The van der Waals surface area contributed by atoms with E-state index in [1.54, 1.807) is 18.9 Å². The lowest BCUT2D eigenvalue weighted by Crippen LogP contribution is -2.65. The number of amides is 12. The SMILES string of the molecule is CC[C@H](C)[C@@H]1NC(=O)[C@H](C)N(C)C(=O)C[C@@H](C(=O)N2CCCCC2)N(C)C(=O)[C@H](C2CCCCC2)N(C)C(=O)C2(CCCC2)NC(=O)[C@@H]2CCCN2C(=O)[C@H](CCC2CCC(C)CC2)NC(=O)CN(C)C(=O)[C@H](CC2CCCCC2)N(C)C(=O)CN(C)C(=O)CN(C)C1=O.